The van der Waals surface area contributed by atoms with Crippen LogP contribution < -0.4 is 0 Å². The molecule has 100 valence electrons. The number of aromatic nitrogens is 3. The first-order chi connectivity index (χ1) is 9.66. The highest BCUT2D eigenvalue weighted by Crippen LogP contribution is 2.32. The van der Waals surface area contributed by atoms with E-state index >= 15 is 0 Å². The summed E-state index contributed by atoms with van der Waals surface area (Å²) >= 11 is 6.89. The summed E-state index contributed by atoms with van der Waals surface area (Å²) in [6.07, 6.45) is 1.60. The standard InChI is InChI=1S/C14H8I3N3/c15-10-4-2-1-3-9(10)12-5-6-13(20(12)17)11-7-14(16)19-8-18-11/h1-8H. The van der Waals surface area contributed by atoms with Crippen molar-refractivity contribution < 1.29 is 0 Å². The maximum Gasteiger partial charge on any atom is 0.117 e. The zero-order valence-electron chi connectivity index (χ0n) is 10.1. The van der Waals surface area contributed by atoms with Crippen molar-refractivity contribution in [2.75, 3.05) is 0 Å². The molecule has 3 nitrogen and oxygen atoms in total. The van der Waals surface area contributed by atoms with E-state index in [-0.39, 0.29) is 0 Å². The third kappa shape index (κ3) is 2.86. The fourth-order valence-electron chi connectivity index (χ4n) is 1.94. The Bertz CT molecular complexity index is 768. The van der Waals surface area contributed by atoms with Crippen LogP contribution in [0.15, 0.2) is 48.8 Å². The van der Waals surface area contributed by atoms with Crippen molar-refractivity contribution in [2.45, 2.75) is 0 Å². The van der Waals surface area contributed by atoms with Crippen LogP contribution >= 0.6 is 68.0 Å². The minimum Gasteiger partial charge on any atom is -0.280 e. The fraction of sp³-hybridized carbons (Fsp3) is 0. The average molecular weight is 599 g/mol. The number of nitrogens with zero attached hydrogens (tertiary/aromatic N) is 3. The van der Waals surface area contributed by atoms with Crippen LogP contribution in [0.2, 0.25) is 0 Å². The van der Waals surface area contributed by atoms with E-state index in [0.717, 1.165) is 15.1 Å². The second kappa shape index (κ2) is 6.26. The Balaban J connectivity index is 2.12. The fourth-order valence-corrected chi connectivity index (χ4v) is 3.85. The van der Waals surface area contributed by atoms with Crippen LogP contribution in [0.5, 0.6) is 0 Å². The van der Waals surface area contributed by atoms with Gasteiger partial charge < -0.3 is 0 Å². The topological polar surface area (TPSA) is 30.7 Å². The van der Waals surface area contributed by atoms with Gasteiger partial charge in [-0.25, -0.2) is 9.97 Å². The predicted molar refractivity (Wildman–Crippen MR) is 106 cm³/mol. The van der Waals surface area contributed by atoms with Crippen LogP contribution in [0.3, 0.4) is 0 Å². The Kier molecular flexibility index (Phi) is 4.60. The molecule has 0 bridgehead atoms. The summed E-state index contributed by atoms with van der Waals surface area (Å²) in [5, 5.41) is 0. The third-order valence-electron chi connectivity index (χ3n) is 2.87. The summed E-state index contributed by atoms with van der Waals surface area (Å²) in [7, 11) is 0. The molecule has 0 N–H and O–H groups in total. The van der Waals surface area contributed by atoms with Gasteiger partial charge >= 0.3 is 0 Å². The van der Waals surface area contributed by atoms with Gasteiger partial charge in [-0.15, -0.1) is 0 Å². The average Bonchev–Trinajstić information content (AvgIpc) is 2.81. The number of halogens is 3. The maximum absolute atomic E-state index is 4.36. The first kappa shape index (κ1) is 14.7. The molecule has 6 heteroatoms. The van der Waals surface area contributed by atoms with Crippen molar-refractivity contribution in [2.24, 2.45) is 0 Å². The van der Waals surface area contributed by atoms with E-state index in [0.29, 0.717) is 0 Å². The van der Waals surface area contributed by atoms with Crippen LogP contribution in [-0.2, 0) is 0 Å². The molecule has 0 unspecified atom stereocenters. The van der Waals surface area contributed by atoms with Crippen LogP contribution in [-0.4, -0.2) is 12.7 Å². The quantitative estimate of drug-likeness (QED) is 0.307. The summed E-state index contributed by atoms with van der Waals surface area (Å²) in [5.74, 6) is 0. The van der Waals surface area contributed by atoms with Crippen molar-refractivity contribution in [1.29, 1.82) is 0 Å². The summed E-state index contributed by atoms with van der Waals surface area (Å²) in [5.41, 5.74) is 4.44. The molecule has 3 rings (SSSR count). The minimum atomic E-state index is 0.941. The van der Waals surface area contributed by atoms with E-state index in [4.69, 9.17) is 0 Å². The second-order valence-corrected chi connectivity index (χ2v) is 7.32. The molecule has 0 fully saturated rings. The monoisotopic (exact) mass is 599 g/mol. The Morgan fingerprint density at radius 3 is 2.40 bits per heavy atom. The Labute approximate surface area is 158 Å². The van der Waals surface area contributed by atoms with Gasteiger partial charge in [-0.1, -0.05) is 18.2 Å². The molecular formula is C14H8I3N3. The second-order valence-electron chi connectivity index (χ2n) is 4.09. The number of rotatable bonds is 2. The minimum absolute atomic E-state index is 0.941. The summed E-state index contributed by atoms with van der Waals surface area (Å²) in [6, 6.07) is 14.6. The van der Waals surface area contributed by atoms with E-state index in [2.05, 4.69) is 117 Å². The molecule has 2 heterocycles. The number of hydrogen-bond donors (Lipinski definition) is 0. The molecule has 0 amide bonds. The predicted octanol–water partition coefficient (Wildman–Crippen LogP) is 5.02. The van der Waals surface area contributed by atoms with E-state index in [1.54, 1.807) is 6.33 Å². The lowest BCUT2D eigenvalue weighted by atomic mass is 10.2. The Morgan fingerprint density at radius 1 is 0.900 bits per heavy atom. The first-order valence-electron chi connectivity index (χ1n) is 5.77. The van der Waals surface area contributed by atoms with E-state index in [9.17, 15) is 0 Å². The normalized spacial score (nSPS) is 10.8. The van der Waals surface area contributed by atoms with Crippen LogP contribution in [0.4, 0.5) is 0 Å². The molecule has 0 aliphatic carbocycles. The maximum atomic E-state index is 4.36. The van der Waals surface area contributed by atoms with E-state index in [1.807, 2.05) is 6.07 Å². The van der Waals surface area contributed by atoms with Gasteiger partial charge in [-0.05, 0) is 69.4 Å². The van der Waals surface area contributed by atoms with Gasteiger partial charge in [0.05, 0.1) is 39.9 Å². The lowest BCUT2D eigenvalue weighted by molar-refractivity contribution is 1.13. The molecule has 0 saturated carbocycles. The molecule has 2 aromatic heterocycles. The highest BCUT2D eigenvalue weighted by Gasteiger charge is 2.12. The molecule has 0 radical (unpaired) electrons. The molecule has 20 heavy (non-hydrogen) atoms. The Morgan fingerprint density at radius 2 is 1.65 bits per heavy atom. The SMILES string of the molecule is Ic1cc(-c2ccc(-c3ccccc3I)n2I)ncn1. The third-order valence-corrected chi connectivity index (χ3v) is 5.44. The van der Waals surface area contributed by atoms with Crippen LogP contribution in [0, 0.1) is 7.27 Å². The van der Waals surface area contributed by atoms with Gasteiger partial charge in [-0.2, -0.15) is 0 Å². The van der Waals surface area contributed by atoms with Crippen molar-refractivity contribution >= 4 is 68.0 Å². The summed E-state index contributed by atoms with van der Waals surface area (Å²) < 4.78 is 4.33. The molecule has 0 saturated heterocycles. The summed E-state index contributed by atoms with van der Waals surface area (Å²) in [4.78, 5) is 8.49. The van der Waals surface area contributed by atoms with Crippen molar-refractivity contribution in [3.05, 3.63) is 56.1 Å². The Hall–Kier alpha value is -0.230. The van der Waals surface area contributed by atoms with Gasteiger partial charge in [0.15, 0.2) is 0 Å². The van der Waals surface area contributed by atoms with Crippen molar-refractivity contribution in [1.82, 2.24) is 12.7 Å². The molecule has 0 spiro atoms. The highest BCUT2D eigenvalue weighted by atomic mass is 127. The van der Waals surface area contributed by atoms with Crippen LogP contribution in [0.1, 0.15) is 0 Å². The lowest BCUT2D eigenvalue weighted by Gasteiger charge is -2.07. The van der Waals surface area contributed by atoms with Gasteiger partial charge in [0.2, 0.25) is 0 Å². The van der Waals surface area contributed by atoms with Crippen LogP contribution in [0.25, 0.3) is 22.6 Å². The van der Waals surface area contributed by atoms with Gasteiger partial charge in [0, 0.05) is 9.13 Å². The summed E-state index contributed by atoms with van der Waals surface area (Å²) in [6.45, 7) is 0. The zero-order valence-corrected chi connectivity index (χ0v) is 16.6. The van der Waals surface area contributed by atoms with E-state index in [1.165, 1.54) is 14.8 Å². The highest BCUT2D eigenvalue weighted by molar-refractivity contribution is 14.1. The number of hydrogen-bond acceptors (Lipinski definition) is 2. The molecule has 3 aromatic rings. The molecule has 0 aliphatic rings. The molecule has 1 aromatic carbocycles. The zero-order chi connectivity index (χ0) is 14.1. The molecule has 0 aliphatic heterocycles. The van der Waals surface area contributed by atoms with Gasteiger partial charge in [0.25, 0.3) is 0 Å². The van der Waals surface area contributed by atoms with E-state index < -0.39 is 0 Å². The van der Waals surface area contributed by atoms with Crippen molar-refractivity contribution in [3.63, 3.8) is 0 Å². The molecule has 0 atom stereocenters. The van der Waals surface area contributed by atoms with Gasteiger partial charge in [0.1, 0.15) is 10.0 Å². The smallest absolute Gasteiger partial charge is 0.117 e. The molecular weight excluding hydrogens is 591 g/mol. The lowest BCUT2D eigenvalue weighted by Crippen LogP contribution is -1.93. The first-order valence-corrected chi connectivity index (χ1v) is 8.90. The van der Waals surface area contributed by atoms with Crippen molar-refractivity contribution in [3.8, 4) is 22.6 Å². The largest absolute Gasteiger partial charge is 0.280 e. The van der Waals surface area contributed by atoms with Gasteiger partial charge in [-0.3, -0.25) is 2.78 Å². The number of benzene rings is 1.